The summed E-state index contributed by atoms with van der Waals surface area (Å²) in [7, 11) is 0. The maximum Gasteiger partial charge on any atom is 0.160 e. The van der Waals surface area contributed by atoms with E-state index in [0.717, 1.165) is 12.1 Å². The zero-order valence-electron chi connectivity index (χ0n) is 13.6. The van der Waals surface area contributed by atoms with Crippen molar-refractivity contribution in [3.8, 4) is 28.2 Å². The van der Waals surface area contributed by atoms with Gasteiger partial charge in [-0.25, -0.2) is 18.2 Å². The molecule has 130 valence electrons. The molecular formula is C19H12F3N3O. The van der Waals surface area contributed by atoms with Crippen LogP contribution in [0.15, 0.2) is 59.5 Å². The fraction of sp³-hybridized carbons (Fsp3) is 0.0526. The average Bonchev–Trinajstić information content (AvgIpc) is 3.25. The normalized spacial score (nSPS) is 11.1. The number of benzene rings is 2. The molecule has 0 saturated carbocycles. The number of hydrogen-bond acceptors (Lipinski definition) is 3. The summed E-state index contributed by atoms with van der Waals surface area (Å²) in [5.74, 6) is -1.66. The second kappa shape index (κ2) is 6.18. The van der Waals surface area contributed by atoms with Crippen LogP contribution in [0.4, 0.5) is 13.2 Å². The first-order valence-corrected chi connectivity index (χ1v) is 7.75. The van der Waals surface area contributed by atoms with Gasteiger partial charge in [-0.1, -0.05) is 5.16 Å². The van der Waals surface area contributed by atoms with Crippen LogP contribution in [0.5, 0.6) is 0 Å². The number of hydrogen-bond donors (Lipinski definition) is 0. The molecule has 0 aliphatic heterocycles. The molecule has 7 heteroatoms. The van der Waals surface area contributed by atoms with Gasteiger partial charge in [-0.2, -0.15) is 0 Å². The smallest absolute Gasteiger partial charge is 0.160 e. The topological polar surface area (TPSA) is 43.9 Å². The molecule has 0 amide bonds. The molecule has 0 N–H and O–H groups in total. The number of rotatable bonds is 3. The Bertz CT molecular complexity index is 1080. The van der Waals surface area contributed by atoms with Gasteiger partial charge in [-0.05, 0) is 43.3 Å². The molecule has 0 atom stereocenters. The zero-order chi connectivity index (χ0) is 18.3. The fourth-order valence-electron chi connectivity index (χ4n) is 2.72. The van der Waals surface area contributed by atoms with Crippen molar-refractivity contribution in [3.05, 3.63) is 78.2 Å². The first-order valence-electron chi connectivity index (χ1n) is 7.75. The van der Waals surface area contributed by atoms with Crippen LogP contribution in [0.3, 0.4) is 0 Å². The van der Waals surface area contributed by atoms with Crippen LogP contribution in [-0.4, -0.2) is 14.7 Å². The van der Waals surface area contributed by atoms with Crippen molar-refractivity contribution >= 4 is 0 Å². The van der Waals surface area contributed by atoms with E-state index in [1.165, 1.54) is 24.5 Å². The van der Waals surface area contributed by atoms with Crippen LogP contribution in [-0.2, 0) is 0 Å². The van der Waals surface area contributed by atoms with E-state index < -0.39 is 11.6 Å². The van der Waals surface area contributed by atoms with Crippen LogP contribution in [0.1, 0.15) is 5.76 Å². The van der Waals surface area contributed by atoms with Crippen molar-refractivity contribution in [1.82, 2.24) is 14.7 Å². The molecule has 0 fully saturated rings. The highest BCUT2D eigenvalue weighted by molar-refractivity contribution is 5.80. The molecule has 26 heavy (non-hydrogen) atoms. The number of aromatic nitrogens is 3. The SMILES string of the molecule is Cc1onc(-c2ccc(F)cc2)c1-c1cn(-c2ccc(F)c(F)c2)cn1. The summed E-state index contributed by atoms with van der Waals surface area (Å²) >= 11 is 0. The second-order valence-corrected chi connectivity index (χ2v) is 5.73. The Hall–Kier alpha value is -3.35. The molecule has 2 aromatic heterocycles. The summed E-state index contributed by atoms with van der Waals surface area (Å²) in [5, 5.41) is 4.04. The predicted molar refractivity (Wildman–Crippen MR) is 89.1 cm³/mol. The van der Waals surface area contributed by atoms with Crippen LogP contribution in [0.2, 0.25) is 0 Å². The Morgan fingerprint density at radius 3 is 2.46 bits per heavy atom. The molecule has 2 aromatic carbocycles. The molecule has 0 radical (unpaired) electrons. The Morgan fingerprint density at radius 2 is 1.73 bits per heavy atom. The minimum Gasteiger partial charge on any atom is -0.360 e. The first-order chi connectivity index (χ1) is 12.5. The van der Waals surface area contributed by atoms with E-state index in [9.17, 15) is 13.2 Å². The lowest BCUT2D eigenvalue weighted by atomic mass is 10.0. The molecule has 0 aliphatic rings. The summed E-state index contributed by atoms with van der Waals surface area (Å²) in [6, 6.07) is 9.46. The van der Waals surface area contributed by atoms with Crippen molar-refractivity contribution in [2.75, 3.05) is 0 Å². The minimum absolute atomic E-state index is 0.349. The average molecular weight is 355 g/mol. The highest BCUT2D eigenvalue weighted by atomic mass is 19.2. The Kier molecular flexibility index (Phi) is 3.84. The van der Waals surface area contributed by atoms with E-state index in [2.05, 4.69) is 10.1 Å². The van der Waals surface area contributed by atoms with Gasteiger partial charge in [0.15, 0.2) is 11.6 Å². The largest absolute Gasteiger partial charge is 0.360 e. The standard InChI is InChI=1S/C19H12F3N3O/c1-11-18(19(24-26-11)12-2-4-13(20)5-3-12)17-9-25(10-23-17)14-6-7-15(21)16(22)8-14/h2-10H,1H3. The molecule has 0 aliphatic carbocycles. The van der Waals surface area contributed by atoms with Crippen LogP contribution in [0.25, 0.3) is 28.2 Å². The number of imidazole rings is 1. The van der Waals surface area contributed by atoms with Gasteiger partial charge < -0.3 is 9.09 Å². The van der Waals surface area contributed by atoms with Crippen molar-refractivity contribution in [3.63, 3.8) is 0 Å². The number of aryl methyl sites for hydroxylation is 1. The highest BCUT2D eigenvalue weighted by Crippen LogP contribution is 2.33. The highest BCUT2D eigenvalue weighted by Gasteiger charge is 2.19. The van der Waals surface area contributed by atoms with Gasteiger partial charge >= 0.3 is 0 Å². The van der Waals surface area contributed by atoms with Gasteiger partial charge in [-0.3, -0.25) is 0 Å². The summed E-state index contributed by atoms with van der Waals surface area (Å²) in [4.78, 5) is 4.32. The van der Waals surface area contributed by atoms with Crippen molar-refractivity contribution in [2.24, 2.45) is 0 Å². The third-order valence-corrected chi connectivity index (χ3v) is 4.02. The molecule has 0 saturated heterocycles. The first kappa shape index (κ1) is 16.1. The van der Waals surface area contributed by atoms with Crippen molar-refractivity contribution in [1.29, 1.82) is 0 Å². The van der Waals surface area contributed by atoms with Crippen LogP contribution < -0.4 is 0 Å². The predicted octanol–water partition coefficient (Wildman–Crippen LogP) is 4.92. The van der Waals surface area contributed by atoms with Gasteiger partial charge in [-0.15, -0.1) is 0 Å². The van der Waals surface area contributed by atoms with Gasteiger partial charge in [0.25, 0.3) is 0 Å². The third-order valence-electron chi connectivity index (χ3n) is 4.02. The summed E-state index contributed by atoms with van der Waals surface area (Å²) in [6.45, 7) is 1.74. The molecule has 0 spiro atoms. The van der Waals surface area contributed by atoms with Gasteiger partial charge in [0.1, 0.15) is 17.3 Å². The van der Waals surface area contributed by atoms with E-state index in [-0.39, 0.29) is 5.82 Å². The van der Waals surface area contributed by atoms with Gasteiger partial charge in [0, 0.05) is 23.5 Å². The molecule has 4 rings (SSSR count). The van der Waals surface area contributed by atoms with Crippen molar-refractivity contribution < 1.29 is 17.7 Å². The zero-order valence-corrected chi connectivity index (χ0v) is 13.6. The molecule has 0 bridgehead atoms. The molecule has 0 unspecified atom stereocenters. The van der Waals surface area contributed by atoms with Crippen LogP contribution in [0, 0.1) is 24.4 Å². The van der Waals surface area contributed by atoms with E-state index in [1.54, 1.807) is 29.8 Å². The molecule has 4 aromatic rings. The van der Waals surface area contributed by atoms with Gasteiger partial charge in [0.05, 0.1) is 17.6 Å². The van der Waals surface area contributed by atoms with Crippen LogP contribution >= 0.6 is 0 Å². The Morgan fingerprint density at radius 1 is 0.962 bits per heavy atom. The molecule has 4 nitrogen and oxygen atoms in total. The third kappa shape index (κ3) is 2.77. The maximum atomic E-state index is 13.5. The van der Waals surface area contributed by atoms with Gasteiger partial charge in [0.2, 0.25) is 0 Å². The van der Waals surface area contributed by atoms with E-state index in [0.29, 0.717) is 34.0 Å². The van der Waals surface area contributed by atoms with Crippen molar-refractivity contribution in [2.45, 2.75) is 6.92 Å². The Labute approximate surface area is 146 Å². The lowest BCUT2D eigenvalue weighted by molar-refractivity contribution is 0.400. The van der Waals surface area contributed by atoms with E-state index >= 15 is 0 Å². The second-order valence-electron chi connectivity index (χ2n) is 5.73. The number of nitrogens with zero attached hydrogens (tertiary/aromatic N) is 3. The summed E-state index contributed by atoms with van der Waals surface area (Å²) < 4.78 is 46.6. The van der Waals surface area contributed by atoms with E-state index in [1.807, 2.05) is 0 Å². The fourth-order valence-corrected chi connectivity index (χ4v) is 2.72. The lowest BCUT2D eigenvalue weighted by Gasteiger charge is -2.02. The molecular weight excluding hydrogens is 343 g/mol. The number of halogens is 3. The summed E-state index contributed by atoms with van der Waals surface area (Å²) in [5.41, 5.74) is 2.84. The summed E-state index contributed by atoms with van der Waals surface area (Å²) in [6.07, 6.45) is 3.15. The monoisotopic (exact) mass is 355 g/mol. The minimum atomic E-state index is -0.939. The van der Waals surface area contributed by atoms with E-state index in [4.69, 9.17) is 4.52 Å². The lowest BCUT2D eigenvalue weighted by Crippen LogP contribution is -1.93. The Balaban J connectivity index is 1.77. The maximum absolute atomic E-state index is 13.5. The molecule has 2 heterocycles. The quantitative estimate of drug-likeness (QED) is 0.524.